The maximum atomic E-state index is 11.9. The fourth-order valence-corrected chi connectivity index (χ4v) is 1.88. The van der Waals surface area contributed by atoms with Gasteiger partial charge in [0.05, 0.1) is 25.5 Å². The van der Waals surface area contributed by atoms with Gasteiger partial charge in [0.2, 0.25) is 0 Å². The second kappa shape index (κ2) is 7.75. The van der Waals surface area contributed by atoms with Gasteiger partial charge in [-0.15, -0.1) is 0 Å². The Kier molecular flexibility index (Phi) is 6.31. The molecule has 0 amide bonds. The Balaban J connectivity index is 2.83. The molecular formula is C15H23NO4. The first-order valence-corrected chi connectivity index (χ1v) is 6.72. The minimum absolute atomic E-state index is 0.0556. The largest absolute Gasteiger partial charge is 0.495 e. The number of hydrogen-bond acceptors (Lipinski definition) is 5. The molecule has 1 aromatic carbocycles. The van der Waals surface area contributed by atoms with Crippen LogP contribution >= 0.6 is 0 Å². The third-order valence-corrected chi connectivity index (χ3v) is 2.70. The molecule has 0 spiro atoms. The molecule has 0 aliphatic heterocycles. The van der Waals surface area contributed by atoms with Crippen LogP contribution in [0.1, 0.15) is 26.3 Å². The van der Waals surface area contributed by atoms with Gasteiger partial charge in [-0.3, -0.25) is 0 Å². The average molecular weight is 281 g/mol. The third kappa shape index (κ3) is 4.74. The van der Waals surface area contributed by atoms with Crippen molar-refractivity contribution in [3.05, 3.63) is 23.8 Å². The van der Waals surface area contributed by atoms with Crippen LogP contribution in [0.4, 0.5) is 5.69 Å². The molecule has 5 heteroatoms. The molecule has 1 atom stereocenters. The Labute approximate surface area is 120 Å². The van der Waals surface area contributed by atoms with E-state index in [4.69, 9.17) is 19.9 Å². The number of benzene rings is 1. The molecule has 0 aliphatic carbocycles. The molecule has 0 bridgehead atoms. The number of esters is 1. The lowest BCUT2D eigenvalue weighted by atomic mass is 10.1. The maximum Gasteiger partial charge on any atom is 0.335 e. The van der Waals surface area contributed by atoms with Crippen molar-refractivity contribution < 1.29 is 19.0 Å². The predicted molar refractivity (Wildman–Crippen MR) is 77.8 cm³/mol. The van der Waals surface area contributed by atoms with E-state index in [9.17, 15) is 4.79 Å². The van der Waals surface area contributed by atoms with Gasteiger partial charge in [0.1, 0.15) is 5.75 Å². The van der Waals surface area contributed by atoms with E-state index in [1.54, 1.807) is 26.2 Å². The lowest BCUT2D eigenvalue weighted by Gasteiger charge is -2.19. The molecule has 1 unspecified atom stereocenters. The minimum Gasteiger partial charge on any atom is -0.495 e. The fourth-order valence-electron chi connectivity index (χ4n) is 1.88. The number of carbonyl (C=O) groups excluding carboxylic acids is 1. The Morgan fingerprint density at radius 2 is 2.05 bits per heavy atom. The summed E-state index contributed by atoms with van der Waals surface area (Å²) in [5, 5.41) is 0. The molecular weight excluding hydrogens is 258 g/mol. The standard InChI is InChI=1S/C15H23NO4/c1-5-19-15(17)14(20-10(2)3)9-11-6-7-13(18-4)12(16)8-11/h6-8,10,14H,5,9,16H2,1-4H3. The second-order valence-corrected chi connectivity index (χ2v) is 4.71. The van der Waals surface area contributed by atoms with E-state index < -0.39 is 6.10 Å². The van der Waals surface area contributed by atoms with Crippen molar-refractivity contribution in [1.82, 2.24) is 0 Å². The third-order valence-electron chi connectivity index (χ3n) is 2.70. The number of anilines is 1. The van der Waals surface area contributed by atoms with E-state index in [2.05, 4.69) is 0 Å². The zero-order chi connectivity index (χ0) is 15.1. The number of ether oxygens (including phenoxy) is 3. The van der Waals surface area contributed by atoms with E-state index in [-0.39, 0.29) is 12.1 Å². The Hall–Kier alpha value is -1.75. The summed E-state index contributed by atoms with van der Waals surface area (Å²) >= 11 is 0. The van der Waals surface area contributed by atoms with Crippen LogP contribution in [0.5, 0.6) is 5.75 Å². The van der Waals surface area contributed by atoms with Crippen LogP contribution in [0.2, 0.25) is 0 Å². The van der Waals surface area contributed by atoms with Gasteiger partial charge in [-0.2, -0.15) is 0 Å². The van der Waals surface area contributed by atoms with Gasteiger partial charge in [-0.1, -0.05) is 6.07 Å². The SMILES string of the molecule is CCOC(=O)C(Cc1ccc(OC)c(N)c1)OC(C)C. The first kappa shape index (κ1) is 16.3. The predicted octanol–water partition coefficient (Wildman–Crippen LogP) is 2.18. The molecule has 0 fully saturated rings. The van der Waals surface area contributed by atoms with Crippen molar-refractivity contribution >= 4 is 11.7 Å². The topological polar surface area (TPSA) is 70.8 Å². The van der Waals surface area contributed by atoms with Crippen molar-refractivity contribution in [2.45, 2.75) is 39.4 Å². The number of rotatable bonds is 7. The van der Waals surface area contributed by atoms with Gasteiger partial charge in [0.25, 0.3) is 0 Å². The molecule has 20 heavy (non-hydrogen) atoms. The lowest BCUT2D eigenvalue weighted by Crippen LogP contribution is -2.31. The van der Waals surface area contributed by atoms with Gasteiger partial charge in [-0.05, 0) is 38.5 Å². The smallest absolute Gasteiger partial charge is 0.335 e. The fraction of sp³-hybridized carbons (Fsp3) is 0.533. The van der Waals surface area contributed by atoms with E-state index in [1.807, 2.05) is 19.9 Å². The highest BCUT2D eigenvalue weighted by molar-refractivity contribution is 5.75. The molecule has 0 saturated heterocycles. The first-order chi connectivity index (χ1) is 9.47. The molecule has 0 radical (unpaired) electrons. The summed E-state index contributed by atoms with van der Waals surface area (Å²) in [6.45, 7) is 5.88. The van der Waals surface area contributed by atoms with Crippen LogP contribution in [-0.2, 0) is 20.7 Å². The van der Waals surface area contributed by atoms with Crippen LogP contribution in [0.25, 0.3) is 0 Å². The summed E-state index contributed by atoms with van der Waals surface area (Å²) in [6, 6.07) is 5.43. The van der Waals surface area contributed by atoms with Gasteiger partial charge in [-0.25, -0.2) is 4.79 Å². The summed E-state index contributed by atoms with van der Waals surface area (Å²) < 4.78 is 15.8. The number of nitrogen functional groups attached to an aromatic ring is 1. The second-order valence-electron chi connectivity index (χ2n) is 4.71. The van der Waals surface area contributed by atoms with Crippen LogP contribution in [0.15, 0.2) is 18.2 Å². The quantitative estimate of drug-likeness (QED) is 0.612. The number of carbonyl (C=O) groups is 1. The monoisotopic (exact) mass is 281 g/mol. The minimum atomic E-state index is -0.622. The summed E-state index contributed by atoms with van der Waals surface area (Å²) in [6.07, 6.45) is -0.256. The van der Waals surface area contributed by atoms with Gasteiger partial charge >= 0.3 is 5.97 Å². The van der Waals surface area contributed by atoms with Crippen molar-refractivity contribution in [3.63, 3.8) is 0 Å². The molecule has 0 saturated carbocycles. The van der Waals surface area contributed by atoms with Crippen LogP contribution in [0.3, 0.4) is 0 Å². The lowest BCUT2D eigenvalue weighted by molar-refractivity contribution is -0.159. The highest BCUT2D eigenvalue weighted by Crippen LogP contribution is 2.23. The highest BCUT2D eigenvalue weighted by Gasteiger charge is 2.22. The van der Waals surface area contributed by atoms with Crippen LogP contribution in [-0.4, -0.2) is 31.9 Å². The Morgan fingerprint density at radius 3 is 2.55 bits per heavy atom. The Morgan fingerprint density at radius 1 is 1.35 bits per heavy atom. The molecule has 0 aromatic heterocycles. The van der Waals surface area contributed by atoms with E-state index in [1.165, 1.54) is 0 Å². The number of hydrogen-bond donors (Lipinski definition) is 1. The number of methoxy groups -OCH3 is 1. The molecule has 0 heterocycles. The Bertz CT molecular complexity index is 445. The van der Waals surface area contributed by atoms with E-state index >= 15 is 0 Å². The molecule has 5 nitrogen and oxygen atoms in total. The molecule has 2 N–H and O–H groups in total. The zero-order valence-electron chi connectivity index (χ0n) is 12.5. The van der Waals surface area contributed by atoms with Crippen molar-refractivity contribution in [1.29, 1.82) is 0 Å². The molecule has 112 valence electrons. The van der Waals surface area contributed by atoms with Gasteiger partial charge in [0.15, 0.2) is 6.10 Å². The van der Waals surface area contributed by atoms with E-state index in [0.717, 1.165) is 5.56 Å². The summed E-state index contributed by atoms with van der Waals surface area (Å²) in [5.41, 5.74) is 7.31. The zero-order valence-corrected chi connectivity index (χ0v) is 12.5. The van der Waals surface area contributed by atoms with Crippen LogP contribution in [0, 0.1) is 0 Å². The van der Waals surface area contributed by atoms with Crippen molar-refractivity contribution in [2.75, 3.05) is 19.5 Å². The normalized spacial score (nSPS) is 12.2. The van der Waals surface area contributed by atoms with E-state index in [0.29, 0.717) is 24.5 Å². The van der Waals surface area contributed by atoms with Crippen molar-refractivity contribution in [2.24, 2.45) is 0 Å². The first-order valence-electron chi connectivity index (χ1n) is 6.72. The number of nitrogens with two attached hydrogens (primary N) is 1. The molecule has 1 aromatic rings. The van der Waals surface area contributed by atoms with Crippen molar-refractivity contribution in [3.8, 4) is 5.75 Å². The summed E-state index contributed by atoms with van der Waals surface area (Å²) in [7, 11) is 1.56. The van der Waals surface area contributed by atoms with Crippen LogP contribution < -0.4 is 10.5 Å². The summed E-state index contributed by atoms with van der Waals surface area (Å²) in [5.74, 6) is 0.266. The maximum absolute atomic E-state index is 11.9. The summed E-state index contributed by atoms with van der Waals surface area (Å²) in [4.78, 5) is 11.9. The van der Waals surface area contributed by atoms with Gasteiger partial charge in [0, 0.05) is 6.42 Å². The highest BCUT2D eigenvalue weighted by atomic mass is 16.6. The van der Waals surface area contributed by atoms with Gasteiger partial charge < -0.3 is 19.9 Å². The molecule has 0 aliphatic rings. The molecule has 1 rings (SSSR count). The average Bonchev–Trinajstić information content (AvgIpc) is 2.38.